The Kier molecular flexibility index (Phi) is 3.65. The van der Waals surface area contributed by atoms with Crippen LogP contribution in [-0.4, -0.2) is 16.4 Å². The average Bonchev–Trinajstić information content (AvgIpc) is 2.70. The lowest BCUT2D eigenvalue weighted by molar-refractivity contribution is -0.125. The number of amides is 1. The first-order valence-corrected chi connectivity index (χ1v) is 6.74. The van der Waals surface area contributed by atoms with E-state index in [-0.39, 0.29) is 17.4 Å². The van der Waals surface area contributed by atoms with E-state index in [4.69, 9.17) is 0 Å². The highest BCUT2D eigenvalue weighted by Gasteiger charge is 2.20. The van der Waals surface area contributed by atoms with E-state index >= 15 is 0 Å². The van der Waals surface area contributed by atoms with Crippen LogP contribution in [0.3, 0.4) is 0 Å². The molecule has 0 radical (unpaired) electrons. The lowest BCUT2D eigenvalue weighted by Gasteiger charge is -2.23. The summed E-state index contributed by atoms with van der Waals surface area (Å²) in [7, 11) is 0. The van der Waals surface area contributed by atoms with Crippen LogP contribution < -0.4 is 5.32 Å². The lowest BCUT2D eigenvalue weighted by atomic mass is 9.98. The summed E-state index contributed by atoms with van der Waals surface area (Å²) in [6.45, 7) is 7.98. The van der Waals surface area contributed by atoms with Gasteiger partial charge in [-0.2, -0.15) is 0 Å². The van der Waals surface area contributed by atoms with E-state index in [0.29, 0.717) is 0 Å². The van der Waals surface area contributed by atoms with Crippen molar-refractivity contribution in [2.75, 3.05) is 0 Å². The molecule has 102 valence electrons. The molecule has 0 bridgehead atoms. The Bertz CT molecular complexity index is 578. The van der Waals surface area contributed by atoms with Crippen molar-refractivity contribution in [2.45, 2.75) is 39.7 Å². The fourth-order valence-corrected chi connectivity index (χ4v) is 2.22. The van der Waals surface area contributed by atoms with Gasteiger partial charge in [0.15, 0.2) is 0 Å². The molecule has 1 atom stereocenters. The molecule has 0 aliphatic rings. The number of aromatic nitrogens is 1. The standard InChI is InChI=1S/C16H22N2O/c1-11(15(19)18-16(2,3)4)9-12-10-17-14-8-6-5-7-13(12)14/h5-8,10-11,17H,9H2,1-4H3,(H,18,19). The van der Waals surface area contributed by atoms with Crippen molar-refractivity contribution >= 4 is 16.8 Å². The normalized spacial score (nSPS) is 13.5. The quantitative estimate of drug-likeness (QED) is 0.872. The van der Waals surface area contributed by atoms with Crippen molar-refractivity contribution in [1.29, 1.82) is 0 Å². The molecule has 1 heterocycles. The third kappa shape index (κ3) is 3.37. The summed E-state index contributed by atoms with van der Waals surface area (Å²) in [4.78, 5) is 15.3. The summed E-state index contributed by atoms with van der Waals surface area (Å²) in [5.41, 5.74) is 2.15. The molecule has 3 heteroatoms. The van der Waals surface area contributed by atoms with E-state index in [9.17, 15) is 4.79 Å². The van der Waals surface area contributed by atoms with Crippen LogP contribution in [0.4, 0.5) is 0 Å². The van der Waals surface area contributed by atoms with Crippen LogP contribution in [0.15, 0.2) is 30.5 Å². The number of para-hydroxylation sites is 1. The average molecular weight is 258 g/mol. The van der Waals surface area contributed by atoms with Gasteiger partial charge in [0.25, 0.3) is 0 Å². The Morgan fingerprint density at radius 2 is 2.00 bits per heavy atom. The molecule has 19 heavy (non-hydrogen) atoms. The van der Waals surface area contributed by atoms with Gasteiger partial charge in [-0.3, -0.25) is 4.79 Å². The molecule has 2 N–H and O–H groups in total. The number of H-pyrrole nitrogens is 1. The Morgan fingerprint density at radius 3 is 2.68 bits per heavy atom. The Labute approximate surface area is 114 Å². The molecule has 3 nitrogen and oxygen atoms in total. The number of aromatic amines is 1. The molecule has 2 aromatic rings. The number of carbonyl (C=O) groups excluding carboxylic acids is 1. The molecule has 0 saturated heterocycles. The Hall–Kier alpha value is -1.77. The van der Waals surface area contributed by atoms with Gasteiger partial charge in [-0.05, 0) is 38.8 Å². The number of hydrogen-bond donors (Lipinski definition) is 2. The maximum Gasteiger partial charge on any atom is 0.223 e. The second kappa shape index (κ2) is 5.08. The van der Waals surface area contributed by atoms with Gasteiger partial charge in [0.2, 0.25) is 5.91 Å². The number of rotatable bonds is 3. The molecular weight excluding hydrogens is 236 g/mol. The number of nitrogens with one attached hydrogen (secondary N) is 2. The minimum atomic E-state index is -0.175. The van der Waals surface area contributed by atoms with Crippen molar-refractivity contribution in [1.82, 2.24) is 10.3 Å². The van der Waals surface area contributed by atoms with Crippen LogP contribution in [-0.2, 0) is 11.2 Å². The first-order chi connectivity index (χ1) is 8.87. The number of hydrogen-bond acceptors (Lipinski definition) is 1. The molecule has 0 aliphatic carbocycles. The fourth-order valence-electron chi connectivity index (χ4n) is 2.22. The Morgan fingerprint density at radius 1 is 1.32 bits per heavy atom. The van der Waals surface area contributed by atoms with Crippen molar-refractivity contribution in [3.63, 3.8) is 0 Å². The van der Waals surface area contributed by atoms with Gasteiger partial charge in [0, 0.05) is 28.6 Å². The van der Waals surface area contributed by atoms with Gasteiger partial charge in [-0.1, -0.05) is 25.1 Å². The molecule has 0 spiro atoms. The SMILES string of the molecule is CC(Cc1c[nH]c2ccccc12)C(=O)NC(C)(C)C. The third-order valence-corrected chi connectivity index (χ3v) is 3.15. The minimum Gasteiger partial charge on any atom is -0.361 e. The highest BCUT2D eigenvalue weighted by atomic mass is 16.2. The van der Waals surface area contributed by atoms with E-state index < -0.39 is 0 Å². The van der Waals surface area contributed by atoms with E-state index in [0.717, 1.165) is 11.9 Å². The molecule has 1 amide bonds. The van der Waals surface area contributed by atoms with Crippen LogP contribution in [0, 0.1) is 5.92 Å². The van der Waals surface area contributed by atoms with Crippen LogP contribution >= 0.6 is 0 Å². The molecule has 1 aromatic heterocycles. The highest BCUT2D eigenvalue weighted by molar-refractivity contribution is 5.84. The number of fused-ring (bicyclic) bond motifs is 1. The van der Waals surface area contributed by atoms with Gasteiger partial charge in [0.1, 0.15) is 0 Å². The Balaban J connectivity index is 2.10. The zero-order chi connectivity index (χ0) is 14.0. The van der Waals surface area contributed by atoms with Crippen molar-refractivity contribution in [3.8, 4) is 0 Å². The van der Waals surface area contributed by atoms with Gasteiger partial charge in [-0.15, -0.1) is 0 Å². The summed E-state index contributed by atoms with van der Waals surface area (Å²) in [5, 5.41) is 4.24. The van der Waals surface area contributed by atoms with Gasteiger partial charge < -0.3 is 10.3 Å². The van der Waals surface area contributed by atoms with Crippen LogP contribution in [0.25, 0.3) is 10.9 Å². The first-order valence-electron chi connectivity index (χ1n) is 6.74. The van der Waals surface area contributed by atoms with Crippen molar-refractivity contribution < 1.29 is 4.79 Å². The molecule has 0 saturated carbocycles. The molecule has 1 unspecified atom stereocenters. The summed E-state index contributed by atoms with van der Waals surface area (Å²) >= 11 is 0. The van der Waals surface area contributed by atoms with Crippen molar-refractivity contribution in [3.05, 3.63) is 36.0 Å². The summed E-state index contributed by atoms with van der Waals surface area (Å²) in [5.74, 6) is 0.0798. The molecule has 1 aromatic carbocycles. The predicted molar refractivity (Wildman–Crippen MR) is 79.1 cm³/mol. The minimum absolute atomic E-state index is 0.0292. The molecular formula is C16H22N2O. The van der Waals surface area contributed by atoms with Gasteiger partial charge in [0.05, 0.1) is 0 Å². The second-order valence-corrected chi connectivity index (χ2v) is 6.20. The first kappa shape index (κ1) is 13.7. The zero-order valence-corrected chi connectivity index (χ0v) is 12.1. The van der Waals surface area contributed by atoms with E-state index in [1.54, 1.807) is 0 Å². The summed E-state index contributed by atoms with van der Waals surface area (Å²) < 4.78 is 0. The number of carbonyl (C=O) groups is 1. The number of benzene rings is 1. The molecule has 2 rings (SSSR count). The van der Waals surface area contributed by atoms with Gasteiger partial charge in [-0.25, -0.2) is 0 Å². The zero-order valence-electron chi connectivity index (χ0n) is 12.1. The smallest absolute Gasteiger partial charge is 0.223 e. The largest absolute Gasteiger partial charge is 0.361 e. The fraction of sp³-hybridized carbons (Fsp3) is 0.438. The summed E-state index contributed by atoms with van der Waals surface area (Å²) in [6.07, 6.45) is 2.76. The predicted octanol–water partition coefficient (Wildman–Crippen LogP) is 3.26. The van der Waals surface area contributed by atoms with Crippen LogP contribution in [0.1, 0.15) is 33.3 Å². The molecule has 0 aliphatic heterocycles. The van der Waals surface area contributed by atoms with Crippen molar-refractivity contribution in [2.24, 2.45) is 5.92 Å². The van der Waals surface area contributed by atoms with Crippen LogP contribution in [0.2, 0.25) is 0 Å². The maximum absolute atomic E-state index is 12.1. The molecule has 0 fully saturated rings. The third-order valence-electron chi connectivity index (χ3n) is 3.15. The van der Waals surface area contributed by atoms with Crippen LogP contribution in [0.5, 0.6) is 0 Å². The van der Waals surface area contributed by atoms with E-state index in [2.05, 4.69) is 22.4 Å². The van der Waals surface area contributed by atoms with E-state index in [1.807, 2.05) is 46.0 Å². The lowest BCUT2D eigenvalue weighted by Crippen LogP contribution is -2.43. The van der Waals surface area contributed by atoms with Gasteiger partial charge >= 0.3 is 0 Å². The second-order valence-electron chi connectivity index (χ2n) is 6.20. The monoisotopic (exact) mass is 258 g/mol. The van der Waals surface area contributed by atoms with E-state index in [1.165, 1.54) is 10.9 Å². The maximum atomic E-state index is 12.1. The highest BCUT2D eigenvalue weighted by Crippen LogP contribution is 2.21. The topological polar surface area (TPSA) is 44.9 Å². The summed E-state index contributed by atoms with van der Waals surface area (Å²) in [6, 6.07) is 8.19.